The van der Waals surface area contributed by atoms with Crippen LogP contribution in [0.4, 0.5) is 0 Å². The highest BCUT2D eigenvalue weighted by molar-refractivity contribution is 8.00. The molecule has 0 aliphatic carbocycles. The number of imide groups is 1. The van der Waals surface area contributed by atoms with Crippen LogP contribution in [0.2, 0.25) is 0 Å². The summed E-state index contributed by atoms with van der Waals surface area (Å²) in [7, 11) is 1.64. The largest absolute Gasteiger partial charge is 0.376 e. The third-order valence-corrected chi connectivity index (χ3v) is 6.86. The molecule has 2 unspecified atom stereocenters. The van der Waals surface area contributed by atoms with Crippen LogP contribution in [-0.4, -0.2) is 97.0 Å². The normalized spacial score (nSPS) is 16.6. The highest BCUT2D eigenvalue weighted by atomic mass is 32.2. The Balaban J connectivity index is 2.25. The number of hydrogen-bond donors (Lipinski definition) is 6. The molecule has 1 aliphatic heterocycles. The first-order valence-electron chi connectivity index (χ1n) is 12.4. The quantitative estimate of drug-likeness (QED) is 0.0628. The summed E-state index contributed by atoms with van der Waals surface area (Å²) in [4.78, 5) is 50.3. The summed E-state index contributed by atoms with van der Waals surface area (Å²) in [6.07, 6.45) is 1.93. The lowest BCUT2D eigenvalue weighted by Gasteiger charge is -2.24. The molecule has 7 N–H and O–H groups in total. The van der Waals surface area contributed by atoms with Gasteiger partial charge >= 0.3 is 0 Å². The fraction of sp³-hybridized carbons (Fsp3) is 0.783. The molecular weight excluding hydrogens is 486 g/mol. The third kappa shape index (κ3) is 12.0. The van der Waals surface area contributed by atoms with Crippen LogP contribution in [0.25, 0.3) is 0 Å². The van der Waals surface area contributed by atoms with Gasteiger partial charge < -0.3 is 31.7 Å². The van der Waals surface area contributed by atoms with Crippen molar-refractivity contribution in [3.05, 3.63) is 0 Å². The Labute approximate surface area is 218 Å². The first-order valence-corrected chi connectivity index (χ1v) is 13.5. The number of thioether (sulfide) groups is 1. The number of nitrogens with zero attached hydrogens (tertiary/aromatic N) is 1. The van der Waals surface area contributed by atoms with Crippen molar-refractivity contribution in [2.75, 3.05) is 45.6 Å². The van der Waals surface area contributed by atoms with Crippen LogP contribution in [0.5, 0.6) is 0 Å². The zero-order valence-corrected chi connectivity index (χ0v) is 22.7. The number of nitrogens with two attached hydrogens (primary N) is 1. The summed E-state index contributed by atoms with van der Waals surface area (Å²) in [6, 6.07) is -0.651. The van der Waals surface area contributed by atoms with Crippen molar-refractivity contribution in [1.82, 2.24) is 26.2 Å². The monoisotopic (exact) mass is 529 g/mol. The third-order valence-electron chi connectivity index (χ3n) is 5.65. The van der Waals surface area contributed by atoms with Crippen LogP contribution in [-0.2, 0) is 23.9 Å². The van der Waals surface area contributed by atoms with Gasteiger partial charge in [0.15, 0.2) is 5.96 Å². The lowest BCUT2D eigenvalue weighted by molar-refractivity contribution is -0.138. The topological polar surface area (TPSA) is 179 Å². The fourth-order valence-electron chi connectivity index (χ4n) is 3.55. The van der Waals surface area contributed by atoms with Crippen LogP contribution < -0.4 is 27.0 Å². The van der Waals surface area contributed by atoms with E-state index in [0.717, 1.165) is 4.90 Å². The molecule has 0 saturated carbocycles. The van der Waals surface area contributed by atoms with E-state index in [1.54, 1.807) is 7.05 Å². The summed E-state index contributed by atoms with van der Waals surface area (Å²) >= 11 is 1.31. The smallest absolute Gasteiger partial charge is 0.242 e. The summed E-state index contributed by atoms with van der Waals surface area (Å²) in [6.45, 7) is 7.83. The Kier molecular flexibility index (Phi) is 14.4. The number of likely N-dealkylation sites (tertiary alicyclic amines) is 1. The van der Waals surface area contributed by atoms with Crippen LogP contribution in [0, 0.1) is 5.41 Å². The predicted octanol–water partition coefficient (Wildman–Crippen LogP) is -0.474. The van der Waals surface area contributed by atoms with Gasteiger partial charge in [0.05, 0.1) is 16.9 Å². The predicted molar refractivity (Wildman–Crippen MR) is 141 cm³/mol. The molecule has 0 aromatic carbocycles. The van der Waals surface area contributed by atoms with Crippen molar-refractivity contribution in [3.8, 4) is 0 Å². The second kappa shape index (κ2) is 16.4. The van der Waals surface area contributed by atoms with E-state index >= 15 is 0 Å². The average Bonchev–Trinajstić information content (AvgIpc) is 3.09. The molecule has 0 spiro atoms. The lowest BCUT2D eigenvalue weighted by atomic mass is 10.1. The molecule has 1 saturated heterocycles. The van der Waals surface area contributed by atoms with E-state index in [1.165, 1.54) is 11.8 Å². The number of ether oxygens (including phenoxy) is 1. The van der Waals surface area contributed by atoms with Crippen molar-refractivity contribution < 1.29 is 23.9 Å². The van der Waals surface area contributed by atoms with Crippen LogP contribution in [0.15, 0.2) is 0 Å². The molecule has 2 atom stereocenters. The van der Waals surface area contributed by atoms with Crippen molar-refractivity contribution in [3.63, 3.8) is 0 Å². The van der Waals surface area contributed by atoms with E-state index in [2.05, 4.69) is 21.3 Å². The minimum Gasteiger partial charge on any atom is -0.376 e. The molecule has 0 radical (unpaired) electrons. The van der Waals surface area contributed by atoms with Crippen molar-refractivity contribution in [2.45, 2.75) is 69.8 Å². The molecule has 0 aromatic heterocycles. The Hall–Kier alpha value is -2.38. The first kappa shape index (κ1) is 31.6. The van der Waals surface area contributed by atoms with E-state index in [0.29, 0.717) is 51.3 Å². The van der Waals surface area contributed by atoms with E-state index in [9.17, 15) is 19.2 Å². The van der Waals surface area contributed by atoms with Gasteiger partial charge in [-0.3, -0.25) is 29.5 Å². The number of amides is 4. The molecule has 4 amide bonds. The maximum Gasteiger partial charge on any atom is 0.242 e. The van der Waals surface area contributed by atoms with Crippen molar-refractivity contribution in [2.24, 2.45) is 5.73 Å². The number of carbonyl (C=O) groups is 4. The van der Waals surface area contributed by atoms with Gasteiger partial charge in [0.25, 0.3) is 0 Å². The van der Waals surface area contributed by atoms with Gasteiger partial charge in [-0.1, -0.05) is 0 Å². The second-order valence-corrected chi connectivity index (χ2v) is 10.4. The van der Waals surface area contributed by atoms with Gasteiger partial charge in [0, 0.05) is 58.4 Å². The fourth-order valence-corrected chi connectivity index (χ4v) is 4.58. The molecule has 1 aliphatic rings. The van der Waals surface area contributed by atoms with Gasteiger partial charge in [-0.05, 0) is 40.0 Å². The first-order chi connectivity index (χ1) is 17.0. The molecule has 0 bridgehead atoms. The van der Waals surface area contributed by atoms with Gasteiger partial charge in [-0.2, -0.15) is 0 Å². The van der Waals surface area contributed by atoms with Crippen LogP contribution >= 0.6 is 11.8 Å². The molecule has 206 valence electrons. The molecule has 0 aromatic rings. The number of carbonyl (C=O) groups excluding carboxylic acids is 4. The molecule has 1 heterocycles. The lowest BCUT2D eigenvalue weighted by Crippen LogP contribution is -2.42. The van der Waals surface area contributed by atoms with Gasteiger partial charge in [0.2, 0.25) is 23.6 Å². The summed E-state index contributed by atoms with van der Waals surface area (Å²) < 4.78 is 5.60. The highest BCUT2D eigenvalue weighted by Crippen LogP contribution is 2.25. The number of hydrogen-bond acceptors (Lipinski definition) is 8. The van der Waals surface area contributed by atoms with E-state index < -0.39 is 11.3 Å². The number of nitrogens with one attached hydrogen (secondary N) is 5. The van der Waals surface area contributed by atoms with Crippen LogP contribution in [0.3, 0.4) is 0 Å². The SMILES string of the molecule is CCOC(C)(C)CCNC(=O)CCN1C(=O)CC(SCCNC(=O)C(N)CCCNC(=N)NC)C1=O. The highest BCUT2D eigenvalue weighted by Gasteiger charge is 2.38. The Morgan fingerprint density at radius 3 is 2.61 bits per heavy atom. The van der Waals surface area contributed by atoms with Gasteiger partial charge in [-0.25, -0.2) is 0 Å². The molecule has 36 heavy (non-hydrogen) atoms. The summed E-state index contributed by atoms with van der Waals surface area (Å²) in [5.41, 5.74) is 5.57. The Bertz CT molecular complexity index is 765. The maximum atomic E-state index is 12.6. The van der Waals surface area contributed by atoms with Crippen molar-refractivity contribution in [1.29, 1.82) is 5.41 Å². The number of guanidine groups is 1. The van der Waals surface area contributed by atoms with E-state index in [-0.39, 0.29) is 54.6 Å². The summed E-state index contributed by atoms with van der Waals surface area (Å²) in [5, 5.41) is 18.0. The van der Waals surface area contributed by atoms with Crippen LogP contribution in [0.1, 0.15) is 52.9 Å². The zero-order chi connectivity index (χ0) is 27.1. The Morgan fingerprint density at radius 2 is 1.94 bits per heavy atom. The molecule has 13 heteroatoms. The Morgan fingerprint density at radius 1 is 1.22 bits per heavy atom. The molecule has 1 fully saturated rings. The van der Waals surface area contributed by atoms with E-state index in [4.69, 9.17) is 15.9 Å². The van der Waals surface area contributed by atoms with Gasteiger partial charge in [0.1, 0.15) is 0 Å². The molecular formula is C23H43N7O5S. The minimum atomic E-state index is -0.651. The molecule has 1 rings (SSSR count). The average molecular weight is 530 g/mol. The molecule has 12 nitrogen and oxygen atoms in total. The number of rotatable bonds is 17. The second-order valence-electron chi connectivity index (χ2n) is 9.08. The maximum absolute atomic E-state index is 12.6. The minimum absolute atomic E-state index is 0.0590. The summed E-state index contributed by atoms with van der Waals surface area (Å²) in [5.74, 6) is -0.386. The zero-order valence-electron chi connectivity index (χ0n) is 21.9. The van der Waals surface area contributed by atoms with Gasteiger partial charge in [-0.15, -0.1) is 11.8 Å². The van der Waals surface area contributed by atoms with Crippen molar-refractivity contribution >= 4 is 41.4 Å². The van der Waals surface area contributed by atoms with E-state index in [1.807, 2.05) is 20.8 Å². The standard InChI is InChI=1S/C23H43N7O5S/c1-5-35-23(2,3)9-11-27-18(31)8-13-30-19(32)15-17(21(30)34)36-14-12-28-20(33)16(24)7-6-10-29-22(25)26-4/h16-17H,5-15,24H2,1-4H3,(H,27,31)(H,28,33)(H3,25,26,29).